The number of anilines is 3. The third-order valence-electron chi connectivity index (χ3n) is 15.0. The molecule has 5 heterocycles. The average molecular weight is 867 g/mol. The van der Waals surface area contributed by atoms with Gasteiger partial charge in [0.15, 0.2) is 0 Å². The molecule has 2 aliphatic heterocycles. The predicted octanol–water partition coefficient (Wildman–Crippen LogP) is 15.1. The van der Waals surface area contributed by atoms with Gasteiger partial charge in [-0.3, -0.25) is 9.47 Å². The fraction of sp³-hybridized carbons (Fsp3) is 0.194. The highest BCUT2D eigenvalue weighted by Crippen LogP contribution is 2.52. The average Bonchev–Trinajstić information content (AvgIpc) is 3.95. The van der Waals surface area contributed by atoms with E-state index in [0.717, 1.165) is 11.4 Å². The third kappa shape index (κ3) is 5.61. The molecule has 13 rings (SSSR count). The molecule has 2 aliphatic rings. The number of hydrogen-bond donors (Lipinski definition) is 0. The minimum absolute atomic E-state index is 0.0113. The standard InChI is InChI=1S/C62H55BN4/c1-60(2,3)38-28-31-43(32-29-38)66-53-36-40(62(7,8)9)35-49-54-57-46(44-24-16-18-26-50(44)64(57)41-20-12-10-13-21-41)37-47-45-25-17-19-27-52(45)67(58(47)54)63(55(49)53)56-48-34-39(61(4,5)6)30-33-51(48)65(59(56)66)42-22-14-11-15-23-42/h10-37H,1-9H3. The molecule has 0 saturated heterocycles. The summed E-state index contributed by atoms with van der Waals surface area (Å²) in [6.45, 7) is 21.0. The first-order valence-corrected chi connectivity index (χ1v) is 24.1. The van der Waals surface area contributed by atoms with Crippen molar-refractivity contribution in [1.82, 2.24) is 13.6 Å². The SMILES string of the molecule is CC(C)(C)c1ccc(N2c3cc(C(C)(C)C)cc4c3B(c3c2n(-c2ccccc2)c2ccc(C(C)(C)C)cc32)n2c3ccccc3c3cc5c6ccccc6n(-c6ccccc6)c5c-4c32)cc1. The Hall–Kier alpha value is -7.24. The van der Waals surface area contributed by atoms with Gasteiger partial charge in [0.1, 0.15) is 5.82 Å². The predicted molar refractivity (Wildman–Crippen MR) is 287 cm³/mol. The lowest BCUT2D eigenvalue weighted by atomic mass is 9.45. The summed E-state index contributed by atoms with van der Waals surface area (Å²) in [5.41, 5.74) is 20.0. The Bertz CT molecular complexity index is 3840. The second kappa shape index (κ2) is 13.7. The number of para-hydroxylation sites is 4. The molecule has 0 amide bonds. The summed E-state index contributed by atoms with van der Waals surface area (Å²) in [5, 5.41) is 6.42. The lowest BCUT2D eigenvalue weighted by molar-refractivity contribution is 0.590. The Morgan fingerprint density at radius 1 is 0.373 bits per heavy atom. The van der Waals surface area contributed by atoms with Gasteiger partial charge in [-0.15, -0.1) is 0 Å². The summed E-state index contributed by atoms with van der Waals surface area (Å²) in [4.78, 5) is 2.64. The summed E-state index contributed by atoms with van der Waals surface area (Å²) in [6, 6.07) is 64.7. The van der Waals surface area contributed by atoms with Crippen LogP contribution in [0.3, 0.4) is 0 Å². The largest absolute Gasteiger partial charge is 0.375 e. The van der Waals surface area contributed by atoms with E-state index in [2.05, 4.69) is 251 Å². The van der Waals surface area contributed by atoms with Crippen LogP contribution in [0, 0.1) is 0 Å². The van der Waals surface area contributed by atoms with Gasteiger partial charge in [-0.2, -0.15) is 0 Å². The van der Waals surface area contributed by atoms with Gasteiger partial charge in [0, 0.05) is 66.4 Å². The minimum atomic E-state index is -0.153. The summed E-state index contributed by atoms with van der Waals surface area (Å²) in [6.07, 6.45) is 0. The lowest BCUT2D eigenvalue weighted by Gasteiger charge is -2.41. The fourth-order valence-electron chi connectivity index (χ4n) is 11.7. The van der Waals surface area contributed by atoms with E-state index < -0.39 is 0 Å². The van der Waals surface area contributed by atoms with E-state index in [4.69, 9.17) is 0 Å². The Kier molecular flexibility index (Phi) is 8.18. The van der Waals surface area contributed by atoms with E-state index in [0.29, 0.717) is 0 Å². The Labute approximate surface area is 393 Å². The van der Waals surface area contributed by atoms with Crippen LogP contribution < -0.4 is 15.8 Å². The zero-order valence-corrected chi connectivity index (χ0v) is 40.0. The molecule has 0 unspecified atom stereocenters. The number of hydrogen-bond acceptors (Lipinski definition) is 1. The van der Waals surface area contributed by atoms with Crippen LogP contribution in [0.4, 0.5) is 17.2 Å². The van der Waals surface area contributed by atoms with Gasteiger partial charge in [-0.1, -0.05) is 159 Å². The van der Waals surface area contributed by atoms with Gasteiger partial charge in [-0.25, -0.2) is 0 Å². The summed E-state index contributed by atoms with van der Waals surface area (Å²) in [5.74, 6) is 1.19. The minimum Gasteiger partial charge on any atom is -0.375 e. The molecule has 0 bridgehead atoms. The third-order valence-corrected chi connectivity index (χ3v) is 15.0. The molecule has 67 heavy (non-hydrogen) atoms. The molecular formula is C62H55BN4. The van der Waals surface area contributed by atoms with Crippen molar-refractivity contribution in [2.24, 2.45) is 0 Å². The quantitative estimate of drug-likeness (QED) is 0.162. The van der Waals surface area contributed by atoms with Crippen LogP contribution in [0.25, 0.3) is 77.0 Å². The summed E-state index contributed by atoms with van der Waals surface area (Å²) < 4.78 is 7.87. The van der Waals surface area contributed by atoms with E-state index in [1.807, 2.05) is 0 Å². The number of aromatic nitrogens is 3. The molecule has 0 fully saturated rings. The molecule has 326 valence electrons. The van der Waals surface area contributed by atoms with E-state index in [1.54, 1.807) is 0 Å². The molecule has 8 aromatic carbocycles. The van der Waals surface area contributed by atoms with Crippen LogP contribution in [0.2, 0.25) is 0 Å². The number of nitrogens with zero attached hydrogens (tertiary/aromatic N) is 4. The lowest BCUT2D eigenvalue weighted by Crippen LogP contribution is -2.57. The first-order chi connectivity index (χ1) is 32.2. The van der Waals surface area contributed by atoms with E-state index in [1.165, 1.54) is 110 Å². The van der Waals surface area contributed by atoms with Crippen LogP contribution in [0.1, 0.15) is 79.0 Å². The van der Waals surface area contributed by atoms with Gasteiger partial charge < -0.3 is 9.05 Å². The molecule has 0 radical (unpaired) electrons. The maximum Gasteiger partial charge on any atom is 0.335 e. The Balaban J connectivity index is 1.30. The molecule has 5 heteroatoms. The molecule has 0 spiro atoms. The van der Waals surface area contributed by atoms with Crippen LogP contribution >= 0.6 is 0 Å². The van der Waals surface area contributed by atoms with Crippen molar-refractivity contribution in [2.45, 2.75) is 78.6 Å². The van der Waals surface area contributed by atoms with Crippen molar-refractivity contribution >= 4 is 89.5 Å². The van der Waals surface area contributed by atoms with Crippen molar-refractivity contribution in [1.29, 1.82) is 0 Å². The zero-order chi connectivity index (χ0) is 45.9. The fourth-order valence-corrected chi connectivity index (χ4v) is 11.7. The zero-order valence-electron chi connectivity index (χ0n) is 40.0. The van der Waals surface area contributed by atoms with Gasteiger partial charge in [0.05, 0.1) is 16.6 Å². The highest BCUT2D eigenvalue weighted by molar-refractivity contribution is 6.92. The van der Waals surface area contributed by atoms with Gasteiger partial charge in [-0.05, 0) is 122 Å². The van der Waals surface area contributed by atoms with E-state index in [-0.39, 0.29) is 23.1 Å². The van der Waals surface area contributed by atoms with Gasteiger partial charge in [0.25, 0.3) is 0 Å². The molecule has 0 atom stereocenters. The van der Waals surface area contributed by atoms with Gasteiger partial charge >= 0.3 is 6.85 Å². The van der Waals surface area contributed by atoms with Crippen molar-refractivity contribution in [3.63, 3.8) is 0 Å². The first-order valence-electron chi connectivity index (χ1n) is 24.1. The van der Waals surface area contributed by atoms with E-state index >= 15 is 0 Å². The van der Waals surface area contributed by atoms with Crippen molar-refractivity contribution < 1.29 is 0 Å². The molecule has 11 aromatic rings. The molecule has 3 aromatic heterocycles. The highest BCUT2D eigenvalue weighted by atomic mass is 15.3. The number of rotatable bonds is 3. The second-order valence-corrected chi connectivity index (χ2v) is 22.3. The smallest absolute Gasteiger partial charge is 0.335 e. The Morgan fingerprint density at radius 3 is 1.55 bits per heavy atom. The first kappa shape index (κ1) is 40.1. The molecule has 0 saturated carbocycles. The summed E-state index contributed by atoms with van der Waals surface area (Å²) >= 11 is 0. The second-order valence-electron chi connectivity index (χ2n) is 22.3. The maximum atomic E-state index is 2.76. The molecule has 0 aliphatic carbocycles. The van der Waals surface area contributed by atoms with Crippen LogP contribution in [-0.4, -0.2) is 20.5 Å². The van der Waals surface area contributed by atoms with Gasteiger partial charge in [0.2, 0.25) is 0 Å². The number of benzene rings is 8. The Morgan fingerprint density at radius 2 is 0.910 bits per heavy atom. The molecular weight excluding hydrogens is 812 g/mol. The monoisotopic (exact) mass is 866 g/mol. The van der Waals surface area contributed by atoms with Crippen LogP contribution in [-0.2, 0) is 16.2 Å². The molecule has 4 nitrogen and oxygen atoms in total. The normalized spacial score (nSPS) is 13.7. The van der Waals surface area contributed by atoms with E-state index in [9.17, 15) is 0 Å². The topological polar surface area (TPSA) is 18.0 Å². The summed E-state index contributed by atoms with van der Waals surface area (Å²) in [7, 11) is 0. The van der Waals surface area contributed by atoms with Crippen LogP contribution in [0.15, 0.2) is 170 Å². The van der Waals surface area contributed by atoms with Crippen molar-refractivity contribution in [2.75, 3.05) is 4.90 Å². The number of fused-ring (bicyclic) bond motifs is 13. The highest BCUT2D eigenvalue weighted by Gasteiger charge is 2.47. The molecule has 0 N–H and O–H groups in total. The maximum absolute atomic E-state index is 2.76. The van der Waals surface area contributed by atoms with Crippen molar-refractivity contribution in [3.05, 3.63) is 187 Å². The van der Waals surface area contributed by atoms with Crippen LogP contribution in [0.5, 0.6) is 0 Å². The van der Waals surface area contributed by atoms with Crippen molar-refractivity contribution in [3.8, 4) is 22.5 Å².